The molecule has 240 valence electrons. The van der Waals surface area contributed by atoms with Crippen LogP contribution in [-0.4, -0.2) is 86.2 Å². The van der Waals surface area contributed by atoms with Crippen molar-refractivity contribution in [3.8, 4) is 0 Å². The number of hydrogen-bond acceptors (Lipinski definition) is 7. The molecule has 1 atom stereocenters. The molecule has 0 bridgehead atoms. The molecule has 2 aromatic carbocycles. The van der Waals surface area contributed by atoms with Gasteiger partial charge in [0.1, 0.15) is 12.4 Å². The molecule has 0 unspecified atom stereocenters. The number of piperidine rings is 1. The number of amides is 2. The van der Waals surface area contributed by atoms with Gasteiger partial charge in [0.15, 0.2) is 0 Å². The van der Waals surface area contributed by atoms with Crippen molar-refractivity contribution in [1.29, 1.82) is 0 Å². The summed E-state index contributed by atoms with van der Waals surface area (Å²) in [6, 6.07) is 10.6. The molecule has 12 nitrogen and oxygen atoms in total. The summed E-state index contributed by atoms with van der Waals surface area (Å²) in [7, 11) is -4.21. The van der Waals surface area contributed by atoms with Crippen molar-refractivity contribution in [2.45, 2.75) is 68.7 Å². The summed E-state index contributed by atoms with van der Waals surface area (Å²) >= 11 is 0. The number of likely N-dealkylation sites (tertiary alicyclic amines) is 1. The Morgan fingerprint density at radius 3 is 2.41 bits per heavy atom. The highest BCUT2D eigenvalue weighted by Crippen LogP contribution is 2.25. The zero-order valence-corrected chi connectivity index (χ0v) is 25.9. The molecule has 1 aliphatic heterocycles. The number of benzene rings is 2. The van der Waals surface area contributed by atoms with Crippen molar-refractivity contribution in [2.75, 3.05) is 32.7 Å². The van der Waals surface area contributed by atoms with E-state index in [2.05, 4.69) is 15.1 Å². The SMILES string of the molecule is NN=CN1CCC(CNC(=O)C[C@H](NS(=O)(=O)c2ccc3ccccc3c2)C(=O)N(CCC(=O)O)CC2CCCCC2)CC1. The van der Waals surface area contributed by atoms with Crippen molar-refractivity contribution in [1.82, 2.24) is 19.8 Å². The Balaban J connectivity index is 1.51. The summed E-state index contributed by atoms with van der Waals surface area (Å²) in [5.41, 5.74) is 0. The molecule has 13 heteroatoms. The average molecular weight is 629 g/mol. The highest BCUT2D eigenvalue weighted by atomic mass is 32.2. The van der Waals surface area contributed by atoms with E-state index < -0.39 is 40.3 Å². The molecule has 2 aromatic rings. The fraction of sp³-hybridized carbons (Fsp3) is 0.548. The molecule has 0 aromatic heterocycles. The molecule has 1 heterocycles. The van der Waals surface area contributed by atoms with Gasteiger partial charge in [-0.25, -0.2) is 8.42 Å². The molecule has 1 saturated heterocycles. The number of rotatable bonds is 14. The second-order valence-corrected chi connectivity index (χ2v) is 13.6. The number of carboxylic acids is 1. The number of hydrazone groups is 1. The first kappa shape index (κ1) is 33.2. The predicted molar refractivity (Wildman–Crippen MR) is 168 cm³/mol. The minimum absolute atomic E-state index is 0.0217. The highest BCUT2D eigenvalue weighted by Gasteiger charge is 2.33. The molecule has 2 fully saturated rings. The first-order chi connectivity index (χ1) is 21.1. The van der Waals surface area contributed by atoms with E-state index in [1.165, 1.54) is 17.0 Å². The first-order valence-corrected chi connectivity index (χ1v) is 16.9. The van der Waals surface area contributed by atoms with Crippen LogP contribution in [0, 0.1) is 11.8 Å². The maximum absolute atomic E-state index is 14.0. The van der Waals surface area contributed by atoms with Gasteiger partial charge in [0.25, 0.3) is 0 Å². The molecule has 0 spiro atoms. The molecular weight excluding hydrogens is 584 g/mol. The number of sulfonamides is 1. The molecule has 2 aliphatic rings. The van der Waals surface area contributed by atoms with Crippen LogP contribution in [0.25, 0.3) is 10.8 Å². The molecule has 1 saturated carbocycles. The third-order valence-corrected chi connectivity index (χ3v) is 10.1. The van der Waals surface area contributed by atoms with Crippen LogP contribution in [0.15, 0.2) is 52.5 Å². The number of carbonyl (C=O) groups is 3. The number of aliphatic carboxylic acids is 1. The molecule has 2 amide bonds. The Bertz CT molecular complexity index is 1420. The summed E-state index contributed by atoms with van der Waals surface area (Å²) in [6.45, 7) is 2.18. The third kappa shape index (κ3) is 9.65. The van der Waals surface area contributed by atoms with Crippen LogP contribution >= 0.6 is 0 Å². The number of nitrogens with zero attached hydrogens (tertiary/aromatic N) is 3. The van der Waals surface area contributed by atoms with Gasteiger partial charge in [0, 0.05) is 32.7 Å². The summed E-state index contributed by atoms with van der Waals surface area (Å²) in [5.74, 6) is 3.56. The number of carbonyl (C=O) groups excluding carboxylic acids is 2. The molecular formula is C31H44N6O6S. The maximum Gasteiger partial charge on any atom is 0.305 e. The maximum atomic E-state index is 14.0. The van der Waals surface area contributed by atoms with Crippen molar-refractivity contribution in [3.05, 3.63) is 42.5 Å². The summed E-state index contributed by atoms with van der Waals surface area (Å²) in [6.07, 6.45) is 7.58. The van der Waals surface area contributed by atoms with Crippen LogP contribution in [0.5, 0.6) is 0 Å². The number of nitrogens with one attached hydrogen (secondary N) is 2. The Morgan fingerprint density at radius 1 is 1.02 bits per heavy atom. The molecule has 4 rings (SSSR count). The monoisotopic (exact) mass is 628 g/mol. The van der Waals surface area contributed by atoms with Gasteiger partial charge in [-0.2, -0.15) is 9.82 Å². The first-order valence-electron chi connectivity index (χ1n) is 15.4. The van der Waals surface area contributed by atoms with Crippen molar-refractivity contribution in [3.63, 3.8) is 0 Å². The second kappa shape index (κ2) is 15.8. The van der Waals surface area contributed by atoms with Crippen molar-refractivity contribution >= 4 is 44.9 Å². The van der Waals surface area contributed by atoms with Crippen LogP contribution in [0.2, 0.25) is 0 Å². The van der Waals surface area contributed by atoms with Crippen molar-refractivity contribution in [2.24, 2.45) is 22.8 Å². The highest BCUT2D eigenvalue weighted by molar-refractivity contribution is 7.89. The normalized spacial score (nSPS) is 17.5. The van der Waals surface area contributed by atoms with E-state index in [1.807, 2.05) is 23.1 Å². The second-order valence-electron chi connectivity index (χ2n) is 11.9. The zero-order valence-electron chi connectivity index (χ0n) is 25.1. The van der Waals surface area contributed by atoms with E-state index >= 15 is 0 Å². The average Bonchev–Trinajstić information content (AvgIpc) is 3.02. The Morgan fingerprint density at radius 2 is 1.73 bits per heavy atom. The van der Waals surface area contributed by atoms with Crippen LogP contribution in [0.1, 0.15) is 57.8 Å². The van der Waals surface area contributed by atoms with E-state index in [-0.39, 0.29) is 29.7 Å². The lowest BCUT2D eigenvalue weighted by atomic mass is 9.88. The lowest BCUT2D eigenvalue weighted by Gasteiger charge is -2.32. The predicted octanol–water partition coefficient (Wildman–Crippen LogP) is 2.49. The Kier molecular flexibility index (Phi) is 12.0. The van der Waals surface area contributed by atoms with E-state index in [9.17, 15) is 27.9 Å². The number of nitrogens with two attached hydrogens (primary N) is 1. The lowest BCUT2D eigenvalue weighted by molar-refractivity contribution is -0.140. The van der Waals surface area contributed by atoms with Gasteiger partial charge in [-0.1, -0.05) is 49.6 Å². The summed E-state index contributed by atoms with van der Waals surface area (Å²) in [4.78, 5) is 42.0. The van der Waals surface area contributed by atoms with E-state index in [1.54, 1.807) is 18.5 Å². The number of carboxylic acid groups (broad SMARTS) is 1. The summed E-state index contributed by atoms with van der Waals surface area (Å²) < 4.78 is 29.7. The fourth-order valence-corrected chi connectivity index (χ4v) is 7.30. The van der Waals surface area contributed by atoms with E-state index in [0.717, 1.165) is 68.8 Å². The minimum Gasteiger partial charge on any atom is -0.481 e. The number of hydrogen-bond donors (Lipinski definition) is 4. The largest absolute Gasteiger partial charge is 0.481 e. The smallest absolute Gasteiger partial charge is 0.305 e. The van der Waals surface area contributed by atoms with Gasteiger partial charge in [0.05, 0.1) is 17.7 Å². The molecule has 1 aliphatic carbocycles. The quantitative estimate of drug-likeness (QED) is 0.107. The molecule has 0 radical (unpaired) electrons. The fourth-order valence-electron chi connectivity index (χ4n) is 6.08. The van der Waals surface area contributed by atoms with E-state index in [0.29, 0.717) is 13.1 Å². The third-order valence-electron chi connectivity index (χ3n) is 8.59. The van der Waals surface area contributed by atoms with Gasteiger partial charge in [-0.15, -0.1) is 0 Å². The van der Waals surface area contributed by atoms with Crippen LogP contribution in [0.3, 0.4) is 0 Å². The van der Waals surface area contributed by atoms with Crippen LogP contribution < -0.4 is 15.9 Å². The van der Waals surface area contributed by atoms with Gasteiger partial charge in [-0.05, 0) is 60.4 Å². The Labute approximate surface area is 259 Å². The summed E-state index contributed by atoms with van der Waals surface area (Å²) in [5, 5.41) is 17.4. The zero-order chi connectivity index (χ0) is 31.5. The molecule has 44 heavy (non-hydrogen) atoms. The van der Waals surface area contributed by atoms with Gasteiger partial charge in [-0.3, -0.25) is 14.4 Å². The standard InChI is InChI=1S/C31H44N6O6S/c32-34-22-36-15-12-23(13-16-36)20-33-29(38)19-28(31(41)37(17-14-30(39)40)21-24-6-2-1-3-7-24)35-44(42,43)27-11-10-25-8-4-5-9-26(25)18-27/h4-5,8-11,18,22-24,28,35H,1-3,6-7,12-17,19-21,32H2,(H,33,38)(H,39,40)/t28-/m0/s1. The van der Waals surface area contributed by atoms with Crippen molar-refractivity contribution < 1.29 is 27.9 Å². The lowest BCUT2D eigenvalue weighted by Crippen LogP contribution is -2.52. The Hall–Kier alpha value is -3.71. The van der Waals surface area contributed by atoms with Crippen LogP contribution in [-0.2, 0) is 24.4 Å². The molecule has 5 N–H and O–H groups in total. The number of fused-ring (bicyclic) bond motifs is 1. The van der Waals surface area contributed by atoms with Gasteiger partial charge < -0.3 is 26.1 Å². The topological polar surface area (TPSA) is 174 Å². The van der Waals surface area contributed by atoms with Crippen LogP contribution in [0.4, 0.5) is 0 Å². The minimum atomic E-state index is -4.21. The van der Waals surface area contributed by atoms with E-state index in [4.69, 9.17) is 5.84 Å². The van der Waals surface area contributed by atoms with Gasteiger partial charge >= 0.3 is 5.97 Å². The van der Waals surface area contributed by atoms with Gasteiger partial charge in [0.2, 0.25) is 21.8 Å².